The molecule has 5 aromatic rings. The van der Waals surface area contributed by atoms with Crippen LogP contribution in [0.2, 0.25) is 5.02 Å². The number of nitrogens with zero attached hydrogens (tertiary/aromatic N) is 5. The summed E-state index contributed by atoms with van der Waals surface area (Å²) in [6.07, 6.45) is 2.43. The summed E-state index contributed by atoms with van der Waals surface area (Å²) in [6, 6.07) is 21.6. The van der Waals surface area contributed by atoms with Crippen LogP contribution >= 0.6 is 23.4 Å². The first-order valence-electron chi connectivity index (χ1n) is 10.8. The van der Waals surface area contributed by atoms with Crippen molar-refractivity contribution >= 4 is 51.3 Å². The highest BCUT2D eigenvalue weighted by atomic mass is 35.5. The molecule has 0 aliphatic rings. The lowest BCUT2D eigenvalue weighted by Gasteiger charge is -2.08. The molecule has 0 aliphatic heterocycles. The van der Waals surface area contributed by atoms with Crippen LogP contribution < -0.4 is 5.32 Å². The highest BCUT2D eigenvalue weighted by molar-refractivity contribution is 7.99. The van der Waals surface area contributed by atoms with E-state index in [1.54, 1.807) is 6.20 Å². The maximum atomic E-state index is 12.3. The molecule has 3 aromatic heterocycles. The van der Waals surface area contributed by atoms with E-state index in [1.807, 2.05) is 66.7 Å². The van der Waals surface area contributed by atoms with Gasteiger partial charge in [0.15, 0.2) is 5.65 Å². The first-order chi connectivity index (χ1) is 16.7. The number of benzene rings is 2. The van der Waals surface area contributed by atoms with Crippen LogP contribution in [0.4, 0.5) is 0 Å². The Hall–Kier alpha value is -3.49. The third kappa shape index (κ3) is 5.03. The van der Waals surface area contributed by atoms with E-state index in [-0.39, 0.29) is 11.7 Å². The number of fused-ring (bicyclic) bond motifs is 3. The molecule has 0 aliphatic carbocycles. The van der Waals surface area contributed by atoms with Crippen molar-refractivity contribution in [2.45, 2.75) is 18.1 Å². The molecule has 3 heterocycles. The number of rotatable bonds is 8. The van der Waals surface area contributed by atoms with Gasteiger partial charge in [0.25, 0.3) is 0 Å². The third-order valence-electron chi connectivity index (χ3n) is 5.35. The third-order valence-corrected chi connectivity index (χ3v) is 6.42. The molecule has 0 unspecified atom stereocenters. The number of amides is 1. The van der Waals surface area contributed by atoms with E-state index in [4.69, 9.17) is 16.6 Å². The number of halogens is 1. The highest BCUT2D eigenvalue weighted by Gasteiger charge is 2.16. The van der Waals surface area contributed by atoms with Crippen molar-refractivity contribution in [2.75, 3.05) is 12.3 Å². The van der Waals surface area contributed by atoms with Crippen molar-refractivity contribution in [1.29, 1.82) is 0 Å². The Morgan fingerprint density at radius 3 is 2.76 bits per heavy atom. The van der Waals surface area contributed by atoms with Gasteiger partial charge in [0.2, 0.25) is 11.1 Å². The minimum Gasteiger partial charge on any atom is -0.355 e. The highest BCUT2D eigenvalue weighted by Crippen LogP contribution is 2.28. The van der Waals surface area contributed by atoms with Crippen molar-refractivity contribution in [3.63, 3.8) is 0 Å². The SMILES string of the molecule is O=C(CSc1nnc2c3ccccc3n(Cc3cccc(Cl)c3)c2n1)NCCc1ccccn1. The molecule has 0 saturated carbocycles. The van der Waals surface area contributed by atoms with Gasteiger partial charge in [-0.1, -0.05) is 59.8 Å². The largest absolute Gasteiger partial charge is 0.355 e. The summed E-state index contributed by atoms with van der Waals surface area (Å²) < 4.78 is 2.11. The molecule has 0 radical (unpaired) electrons. The molecule has 2 aromatic carbocycles. The predicted octanol–water partition coefficient (Wildman–Crippen LogP) is 4.53. The van der Waals surface area contributed by atoms with Crippen LogP contribution in [-0.4, -0.2) is 42.9 Å². The zero-order chi connectivity index (χ0) is 23.3. The molecule has 7 nitrogen and oxygen atoms in total. The van der Waals surface area contributed by atoms with Crippen molar-refractivity contribution in [3.8, 4) is 0 Å². The summed E-state index contributed by atoms with van der Waals surface area (Å²) in [5.41, 5.74) is 4.50. The van der Waals surface area contributed by atoms with Gasteiger partial charge in [-0.2, -0.15) is 0 Å². The molecule has 0 atom stereocenters. The van der Waals surface area contributed by atoms with Gasteiger partial charge in [-0.05, 0) is 35.9 Å². The number of aromatic nitrogens is 5. The van der Waals surface area contributed by atoms with Gasteiger partial charge in [0, 0.05) is 41.8 Å². The number of hydrogen-bond acceptors (Lipinski definition) is 6. The number of carbonyl (C=O) groups is 1. The van der Waals surface area contributed by atoms with Gasteiger partial charge in [-0.25, -0.2) is 4.98 Å². The number of para-hydroxylation sites is 1. The summed E-state index contributed by atoms with van der Waals surface area (Å²) in [5, 5.41) is 13.8. The molecule has 1 amide bonds. The van der Waals surface area contributed by atoms with E-state index in [0.29, 0.717) is 29.7 Å². The monoisotopic (exact) mass is 488 g/mol. The smallest absolute Gasteiger partial charge is 0.230 e. The van der Waals surface area contributed by atoms with Gasteiger partial charge < -0.3 is 9.88 Å². The second-order valence-corrected chi connectivity index (χ2v) is 9.09. The standard InChI is InChI=1S/C25H21ClN6OS/c26-18-7-5-6-17(14-18)15-32-21-10-2-1-9-20(21)23-24(32)29-25(31-30-23)34-16-22(33)28-13-11-19-8-3-4-12-27-19/h1-10,12,14H,11,13,15-16H2,(H,28,33). The Kier molecular flexibility index (Phi) is 6.69. The van der Waals surface area contributed by atoms with E-state index >= 15 is 0 Å². The van der Waals surface area contributed by atoms with Gasteiger partial charge in [-0.15, -0.1) is 10.2 Å². The fourth-order valence-corrected chi connectivity index (χ4v) is 4.61. The van der Waals surface area contributed by atoms with Crippen LogP contribution in [0.25, 0.3) is 22.1 Å². The Labute approximate surface area is 205 Å². The van der Waals surface area contributed by atoms with Gasteiger partial charge >= 0.3 is 0 Å². The number of nitrogens with one attached hydrogen (secondary N) is 1. The zero-order valence-corrected chi connectivity index (χ0v) is 19.8. The van der Waals surface area contributed by atoms with Crippen molar-refractivity contribution in [1.82, 2.24) is 30.0 Å². The number of carbonyl (C=O) groups excluding carboxylic acids is 1. The Bertz CT molecular complexity index is 1460. The fraction of sp³-hybridized carbons (Fsp3) is 0.160. The van der Waals surface area contributed by atoms with E-state index in [2.05, 4.69) is 25.1 Å². The molecule has 9 heteroatoms. The topological polar surface area (TPSA) is 85.6 Å². The minimum absolute atomic E-state index is 0.0795. The Balaban J connectivity index is 1.33. The maximum absolute atomic E-state index is 12.3. The van der Waals surface area contributed by atoms with E-state index in [1.165, 1.54) is 11.8 Å². The summed E-state index contributed by atoms with van der Waals surface area (Å²) in [6.45, 7) is 1.13. The van der Waals surface area contributed by atoms with Crippen LogP contribution in [0.15, 0.2) is 78.1 Å². The first kappa shape index (κ1) is 22.3. The lowest BCUT2D eigenvalue weighted by atomic mass is 10.2. The molecule has 0 saturated heterocycles. The van der Waals surface area contributed by atoms with Gasteiger partial charge in [0.1, 0.15) is 5.52 Å². The summed E-state index contributed by atoms with van der Waals surface area (Å²) >= 11 is 7.47. The fourth-order valence-electron chi connectivity index (χ4n) is 3.79. The Morgan fingerprint density at radius 1 is 1.03 bits per heavy atom. The van der Waals surface area contributed by atoms with E-state index in [9.17, 15) is 4.79 Å². The lowest BCUT2D eigenvalue weighted by Crippen LogP contribution is -2.27. The minimum atomic E-state index is -0.0795. The lowest BCUT2D eigenvalue weighted by molar-refractivity contribution is -0.118. The molecule has 0 spiro atoms. The molecule has 1 N–H and O–H groups in total. The maximum Gasteiger partial charge on any atom is 0.230 e. The average molecular weight is 489 g/mol. The summed E-state index contributed by atoms with van der Waals surface area (Å²) in [4.78, 5) is 21.3. The quantitative estimate of drug-likeness (QED) is 0.323. The molecular weight excluding hydrogens is 468 g/mol. The molecule has 170 valence electrons. The van der Waals surface area contributed by atoms with Crippen molar-refractivity contribution < 1.29 is 4.79 Å². The molecule has 5 rings (SSSR count). The number of pyridine rings is 1. The van der Waals surface area contributed by atoms with Crippen LogP contribution in [0.1, 0.15) is 11.3 Å². The van der Waals surface area contributed by atoms with E-state index in [0.717, 1.165) is 33.3 Å². The van der Waals surface area contributed by atoms with Crippen LogP contribution in [0, 0.1) is 0 Å². The molecule has 0 bridgehead atoms. The molecular formula is C25H21ClN6OS. The van der Waals surface area contributed by atoms with Crippen LogP contribution in [0.3, 0.4) is 0 Å². The normalized spacial score (nSPS) is 11.2. The number of hydrogen-bond donors (Lipinski definition) is 1. The van der Waals surface area contributed by atoms with Crippen LogP contribution in [-0.2, 0) is 17.8 Å². The molecule has 34 heavy (non-hydrogen) atoms. The van der Waals surface area contributed by atoms with Gasteiger partial charge in [0.05, 0.1) is 11.3 Å². The van der Waals surface area contributed by atoms with Gasteiger partial charge in [-0.3, -0.25) is 9.78 Å². The average Bonchev–Trinajstić information content (AvgIpc) is 3.16. The first-order valence-corrected chi connectivity index (χ1v) is 12.2. The number of thioether (sulfide) groups is 1. The predicted molar refractivity (Wildman–Crippen MR) is 135 cm³/mol. The van der Waals surface area contributed by atoms with E-state index < -0.39 is 0 Å². The van der Waals surface area contributed by atoms with Crippen LogP contribution in [0.5, 0.6) is 0 Å². The zero-order valence-electron chi connectivity index (χ0n) is 18.2. The summed E-state index contributed by atoms with van der Waals surface area (Å²) in [5.74, 6) is 0.133. The Morgan fingerprint density at radius 2 is 1.91 bits per heavy atom. The van der Waals surface area contributed by atoms with Crippen molar-refractivity contribution in [2.24, 2.45) is 0 Å². The van der Waals surface area contributed by atoms with Crippen molar-refractivity contribution in [3.05, 3.63) is 89.2 Å². The molecule has 0 fully saturated rings. The second kappa shape index (κ2) is 10.2. The summed E-state index contributed by atoms with van der Waals surface area (Å²) in [7, 11) is 0. The second-order valence-electron chi connectivity index (χ2n) is 7.71.